The molecular formula is C76H117F2I7N7O11-. The van der Waals surface area contributed by atoms with Gasteiger partial charge in [-0.2, -0.15) is 0 Å². The fraction of sp³-hybridized carbons (Fsp3) is 0.553. The molecule has 0 atom stereocenters. The van der Waals surface area contributed by atoms with Crippen molar-refractivity contribution in [2.75, 3.05) is 60.1 Å². The van der Waals surface area contributed by atoms with Crippen molar-refractivity contribution < 1.29 is 74.4 Å². The monoisotopic (exact) mass is 2230 g/mol. The number of amides is 3. The van der Waals surface area contributed by atoms with E-state index < -0.39 is 35.2 Å². The SMILES string of the molecule is C.CC(C)(C)OC(=O)OC(=O)OC(C)(C)C.CC(C)COc1ccc(CN)cc1.CC(C)COc1ccc(CNC(=O)N(Cc2ccc(F)cc2)C2CCN(C)CC2)cc1.CC(C)COc1ccc(CNC(=O)OC(C)(C)C)cc1.CN1CCC(NCc2ccc(F)cc2)CC1.I[I-]I(I)I(I)I. The minimum atomic E-state index is -1.06. The number of halogens is 9. The zero-order valence-corrected chi connectivity index (χ0v) is 77.7. The Kier molecular flexibility index (Phi) is 51.2. The molecule has 0 aliphatic carbocycles. The molecule has 5 N–H and O–H groups in total. The maximum absolute atomic E-state index is 13.3. The van der Waals surface area contributed by atoms with E-state index in [1.165, 1.54) is 50.2 Å². The van der Waals surface area contributed by atoms with Gasteiger partial charge < -0.3 is 69.5 Å². The summed E-state index contributed by atoms with van der Waals surface area (Å²) in [6, 6.07) is 37.3. The molecule has 0 radical (unpaired) electrons. The van der Waals surface area contributed by atoms with Crippen molar-refractivity contribution in [3.8, 4) is 17.2 Å². The number of nitrogens with zero attached hydrogens (tertiary/aromatic N) is 3. The maximum atomic E-state index is 13.3. The third-order valence-electron chi connectivity index (χ3n) is 14.0. The molecule has 586 valence electrons. The predicted octanol–water partition coefficient (Wildman–Crippen LogP) is 18.4. The summed E-state index contributed by atoms with van der Waals surface area (Å²) in [6.45, 7) is 37.5. The van der Waals surface area contributed by atoms with Gasteiger partial charge >= 0.3 is 128 Å². The molecule has 0 spiro atoms. The number of rotatable bonds is 22. The summed E-state index contributed by atoms with van der Waals surface area (Å²) in [5, 5.41) is 9.32. The number of hydrogen-bond acceptors (Lipinski definition) is 15. The van der Waals surface area contributed by atoms with Crippen molar-refractivity contribution in [1.82, 2.24) is 30.7 Å². The van der Waals surface area contributed by atoms with E-state index in [1.807, 2.05) is 111 Å². The van der Waals surface area contributed by atoms with Crippen molar-refractivity contribution in [3.63, 3.8) is 0 Å². The van der Waals surface area contributed by atoms with Crippen molar-refractivity contribution in [3.05, 3.63) is 161 Å². The summed E-state index contributed by atoms with van der Waals surface area (Å²) in [6.07, 6.45) is 1.76. The molecule has 5 aromatic rings. The van der Waals surface area contributed by atoms with Gasteiger partial charge in [-0.1, -0.05) is 110 Å². The second kappa shape index (κ2) is 53.4. The third kappa shape index (κ3) is 50.8. The summed E-state index contributed by atoms with van der Waals surface area (Å²) in [7, 11) is 3.78. The number of carbonyl (C=O) groups excluding carboxylic acids is 4. The number of alkyl carbamates (subject to hydrolysis) is 1. The van der Waals surface area contributed by atoms with Crippen LogP contribution < -0.4 is 49.1 Å². The van der Waals surface area contributed by atoms with Crippen LogP contribution in [0.5, 0.6) is 17.2 Å². The van der Waals surface area contributed by atoms with Crippen LogP contribution in [0.15, 0.2) is 121 Å². The molecule has 0 bridgehead atoms. The molecule has 2 saturated heterocycles. The second-order valence-corrected chi connectivity index (χ2v) is 142. The molecule has 3 amide bonds. The van der Waals surface area contributed by atoms with E-state index in [9.17, 15) is 28.0 Å². The molecule has 0 aromatic heterocycles. The van der Waals surface area contributed by atoms with Crippen LogP contribution in [0.25, 0.3) is 0 Å². The number of hydrogen-bond donors (Lipinski definition) is 4. The van der Waals surface area contributed by atoms with Crippen molar-refractivity contribution >= 4 is 115 Å². The van der Waals surface area contributed by atoms with Crippen molar-refractivity contribution in [2.24, 2.45) is 23.5 Å². The van der Waals surface area contributed by atoms with Crippen LogP contribution in [-0.4, -0.2) is 128 Å². The minimum absolute atomic E-state index is 0. The fourth-order valence-electron chi connectivity index (χ4n) is 8.85. The van der Waals surface area contributed by atoms with Gasteiger partial charge in [0.1, 0.15) is 45.7 Å². The third-order valence-corrected chi connectivity index (χ3v) is 262. The van der Waals surface area contributed by atoms with Gasteiger partial charge in [0.25, 0.3) is 0 Å². The van der Waals surface area contributed by atoms with Crippen LogP contribution in [0.4, 0.5) is 28.0 Å². The van der Waals surface area contributed by atoms with Crippen LogP contribution >= 0.6 is 90.3 Å². The molecular weight excluding hydrogens is 2110 g/mol. The summed E-state index contributed by atoms with van der Waals surface area (Å²) in [4.78, 5) is 53.2. The molecule has 0 unspecified atom stereocenters. The van der Waals surface area contributed by atoms with E-state index in [4.69, 9.17) is 34.2 Å². The van der Waals surface area contributed by atoms with Crippen LogP contribution in [0.1, 0.15) is 165 Å². The van der Waals surface area contributed by atoms with Gasteiger partial charge in [0.15, 0.2) is 0 Å². The van der Waals surface area contributed by atoms with Gasteiger partial charge in [-0.25, -0.2) is 28.0 Å². The summed E-state index contributed by atoms with van der Waals surface area (Å²) < 4.78 is 61.8. The molecule has 2 aliphatic rings. The molecule has 18 nitrogen and oxygen atoms in total. The van der Waals surface area contributed by atoms with Crippen molar-refractivity contribution in [1.29, 1.82) is 0 Å². The Bertz CT molecular complexity index is 3070. The topological polar surface area (TPSA) is 205 Å². The average Bonchev–Trinajstić information content (AvgIpc) is 0.833. The van der Waals surface area contributed by atoms with Crippen LogP contribution in [0.3, 0.4) is 0 Å². The van der Waals surface area contributed by atoms with Gasteiger partial charge in [-0.05, 0) is 235 Å². The molecule has 0 saturated carbocycles. The molecule has 5 aromatic carbocycles. The second-order valence-electron chi connectivity index (χ2n) is 28.5. The Labute approximate surface area is 671 Å². The normalized spacial score (nSPS) is 13.7. The first kappa shape index (κ1) is 98.6. The Balaban J connectivity index is 0.000000649. The van der Waals surface area contributed by atoms with Crippen molar-refractivity contribution in [2.45, 2.75) is 199 Å². The van der Waals surface area contributed by atoms with E-state index in [2.05, 4.69) is 161 Å². The zero-order chi connectivity index (χ0) is 76.6. The summed E-state index contributed by atoms with van der Waals surface area (Å²) in [5.41, 5.74) is 8.87. The van der Waals surface area contributed by atoms with E-state index >= 15 is 0 Å². The Morgan fingerprint density at radius 1 is 0.534 bits per heavy atom. The van der Waals surface area contributed by atoms with Crippen LogP contribution in [0, 0.1) is 29.4 Å². The van der Waals surface area contributed by atoms with Gasteiger partial charge in [0, 0.05) is 44.8 Å². The zero-order valence-electron chi connectivity index (χ0n) is 62.6. The number of ether oxygens (including phenoxy) is 7. The fourth-order valence-corrected chi connectivity index (χ4v) is 218. The number of urea groups is 1. The summed E-state index contributed by atoms with van der Waals surface area (Å²) >= 11 is 11.4. The van der Waals surface area contributed by atoms with E-state index in [-0.39, 0.29) is 46.9 Å². The van der Waals surface area contributed by atoms with E-state index in [1.54, 1.807) is 53.7 Å². The van der Waals surface area contributed by atoms with Gasteiger partial charge in [0.05, 0.1) is 19.8 Å². The number of piperidine rings is 2. The van der Waals surface area contributed by atoms with Gasteiger partial charge in [-0.3, -0.25) is 0 Å². The Morgan fingerprint density at radius 2 is 0.874 bits per heavy atom. The molecule has 103 heavy (non-hydrogen) atoms. The number of nitrogens with one attached hydrogen (secondary N) is 3. The molecule has 7 rings (SSSR count). The Hall–Kier alpha value is -2.41. The molecule has 2 heterocycles. The average molecular weight is 2230 g/mol. The standard InChI is InChI=1S/C25H34FN3O2.C16H25NO3.C13H19FN2.C11H17NO.C10H18O5.CH4.I7/c1-19(2)18-31-24-10-6-20(7-11-24)16-27-25(30)29(23-12-14-28(3)15-13-23)17-21-4-8-22(26)9-5-21;1-12(2)11-19-14-8-6-13(7-9-14)10-17-15(18)20-16(3,4)5;1-16-8-6-13(7-9-16)15-10-11-2-4-12(14)5-3-11;1-9(2)8-13-11-5-3-10(7-12)4-6-11;1-9(2,3)14-7(11)13-8(12)15-10(4,5)6;;1-5-7(4)6(2)3/h4-11,19,23H,12-18H2,1-3H3,(H,27,30);6-9,12H,10-11H2,1-5H3,(H,17,18);2-5,13,15H,6-10H2,1H3;3-6,9H,7-8,12H2,1-2H3;1-6H3;1H4;/q;;;;;;-1. The molecule has 2 aliphatic heterocycles. The first-order valence-corrected chi connectivity index (χ1v) is 71.8. The number of benzene rings is 5. The quantitative estimate of drug-likeness (QED) is 0.0220. The Morgan fingerprint density at radius 3 is 1.21 bits per heavy atom. The van der Waals surface area contributed by atoms with Gasteiger partial charge in [-0.15, -0.1) is 0 Å². The number of carbonyl (C=O) groups is 4. The first-order valence-electron chi connectivity index (χ1n) is 34.1. The van der Waals surface area contributed by atoms with E-state index in [0.29, 0.717) is 76.4 Å². The predicted molar refractivity (Wildman–Crippen MR) is 464 cm³/mol. The number of likely N-dealkylation sites (tertiary alicyclic amines) is 2. The van der Waals surface area contributed by atoms with Crippen LogP contribution in [-0.2, 0) is 51.7 Å². The molecule has 2 fully saturated rings. The van der Waals surface area contributed by atoms with Gasteiger partial charge in [0.2, 0.25) is 0 Å². The molecule has 27 heteroatoms. The summed E-state index contributed by atoms with van der Waals surface area (Å²) in [5.74, 6) is 3.73. The van der Waals surface area contributed by atoms with Crippen LogP contribution in [0.2, 0.25) is 0 Å². The van der Waals surface area contributed by atoms with E-state index in [0.717, 1.165) is 84.1 Å². The number of nitrogens with two attached hydrogens (primary N) is 1. The first-order chi connectivity index (χ1) is 47.8.